The molecule has 2 aliphatic rings. The van der Waals surface area contributed by atoms with E-state index in [4.69, 9.17) is 0 Å². The Bertz CT molecular complexity index is 676. The molecule has 1 aliphatic heterocycles. The van der Waals surface area contributed by atoms with Crippen LogP contribution in [0.4, 0.5) is 11.4 Å². The minimum atomic E-state index is -3.31. The quantitative estimate of drug-likeness (QED) is 0.897. The Morgan fingerprint density at radius 2 is 2.00 bits per heavy atom. The van der Waals surface area contributed by atoms with E-state index in [0.717, 1.165) is 36.9 Å². The van der Waals surface area contributed by atoms with Gasteiger partial charge in [0.15, 0.2) is 0 Å². The maximum Gasteiger partial charge on any atom is 0.235 e. The second-order valence-electron chi connectivity index (χ2n) is 5.92. The SMILES string of the molecule is CCCS(=O)(=O)Nc1ccc2c(c1)C1(CCCC1)C(=O)N2. The number of anilines is 2. The van der Waals surface area contributed by atoms with Gasteiger partial charge in [0.25, 0.3) is 0 Å². The van der Waals surface area contributed by atoms with Gasteiger partial charge in [0.05, 0.1) is 11.2 Å². The standard InChI is InChI=1S/C15H20N2O3S/c1-2-9-21(19,20)17-11-5-6-13-12(10-11)15(14(18)16-13)7-3-4-8-15/h5-6,10,17H,2-4,7-9H2,1H3,(H,16,18). The molecule has 6 heteroatoms. The van der Waals surface area contributed by atoms with Gasteiger partial charge in [-0.15, -0.1) is 0 Å². The first-order chi connectivity index (χ1) is 9.97. The number of amides is 1. The molecule has 1 aromatic carbocycles. The van der Waals surface area contributed by atoms with Gasteiger partial charge in [-0.05, 0) is 43.0 Å². The molecule has 0 saturated heterocycles. The molecule has 0 bridgehead atoms. The van der Waals surface area contributed by atoms with Crippen molar-refractivity contribution in [3.05, 3.63) is 23.8 Å². The zero-order chi connectivity index (χ0) is 15.1. The molecule has 2 N–H and O–H groups in total. The largest absolute Gasteiger partial charge is 0.325 e. The van der Waals surface area contributed by atoms with Crippen LogP contribution in [0.1, 0.15) is 44.6 Å². The van der Waals surface area contributed by atoms with E-state index in [1.54, 1.807) is 12.1 Å². The lowest BCUT2D eigenvalue weighted by molar-refractivity contribution is -0.120. The average molecular weight is 308 g/mol. The lowest BCUT2D eigenvalue weighted by Gasteiger charge is -2.21. The van der Waals surface area contributed by atoms with Crippen molar-refractivity contribution in [1.82, 2.24) is 0 Å². The van der Waals surface area contributed by atoms with Crippen LogP contribution >= 0.6 is 0 Å². The van der Waals surface area contributed by atoms with Gasteiger partial charge in [-0.3, -0.25) is 9.52 Å². The summed E-state index contributed by atoms with van der Waals surface area (Å²) in [6.07, 6.45) is 4.34. The molecule has 1 heterocycles. The number of fused-ring (bicyclic) bond motifs is 2. The molecule has 0 atom stereocenters. The van der Waals surface area contributed by atoms with E-state index in [9.17, 15) is 13.2 Å². The molecule has 0 radical (unpaired) electrons. The Morgan fingerprint density at radius 3 is 2.67 bits per heavy atom. The lowest BCUT2D eigenvalue weighted by Crippen LogP contribution is -2.31. The summed E-state index contributed by atoms with van der Waals surface area (Å²) in [5.41, 5.74) is 1.87. The van der Waals surface area contributed by atoms with Crippen LogP contribution in [0.3, 0.4) is 0 Å². The summed E-state index contributed by atoms with van der Waals surface area (Å²) in [4.78, 5) is 12.3. The molecule has 3 rings (SSSR count). The summed E-state index contributed by atoms with van der Waals surface area (Å²) in [5.74, 6) is 0.162. The smallest absolute Gasteiger partial charge is 0.235 e. The molecule has 114 valence electrons. The average Bonchev–Trinajstić information content (AvgIpc) is 2.99. The summed E-state index contributed by atoms with van der Waals surface area (Å²) in [6, 6.07) is 5.33. The zero-order valence-electron chi connectivity index (χ0n) is 12.1. The second-order valence-corrected chi connectivity index (χ2v) is 7.77. The van der Waals surface area contributed by atoms with Crippen molar-refractivity contribution in [2.45, 2.75) is 44.4 Å². The number of benzene rings is 1. The first kappa shape index (κ1) is 14.4. The fourth-order valence-electron chi connectivity index (χ4n) is 3.45. The Kier molecular flexibility index (Phi) is 3.43. The highest BCUT2D eigenvalue weighted by Crippen LogP contribution is 2.49. The van der Waals surface area contributed by atoms with Crippen molar-refractivity contribution >= 4 is 27.3 Å². The van der Waals surface area contributed by atoms with Gasteiger partial charge < -0.3 is 5.32 Å². The number of sulfonamides is 1. The van der Waals surface area contributed by atoms with Crippen molar-refractivity contribution < 1.29 is 13.2 Å². The van der Waals surface area contributed by atoms with Crippen molar-refractivity contribution in [1.29, 1.82) is 0 Å². The summed E-state index contributed by atoms with van der Waals surface area (Å²) in [5, 5.41) is 2.93. The molecule has 1 aliphatic carbocycles. The Hall–Kier alpha value is -1.56. The molecule has 1 fully saturated rings. The number of hydrogen-bond acceptors (Lipinski definition) is 3. The van der Waals surface area contributed by atoms with Crippen LogP contribution in [0.15, 0.2) is 18.2 Å². The van der Waals surface area contributed by atoms with Gasteiger partial charge in [-0.2, -0.15) is 0 Å². The number of nitrogens with one attached hydrogen (secondary N) is 2. The normalized spacial score (nSPS) is 19.6. The van der Waals surface area contributed by atoms with Crippen molar-refractivity contribution in [2.24, 2.45) is 0 Å². The van der Waals surface area contributed by atoms with Gasteiger partial charge in [0.2, 0.25) is 15.9 Å². The van der Waals surface area contributed by atoms with E-state index >= 15 is 0 Å². The van der Waals surface area contributed by atoms with E-state index in [2.05, 4.69) is 10.0 Å². The van der Waals surface area contributed by atoms with Gasteiger partial charge in [0.1, 0.15) is 0 Å². The van der Waals surface area contributed by atoms with Gasteiger partial charge in [-0.1, -0.05) is 19.8 Å². The highest BCUT2D eigenvalue weighted by molar-refractivity contribution is 7.92. The van der Waals surface area contributed by atoms with Crippen molar-refractivity contribution in [3.8, 4) is 0 Å². The Morgan fingerprint density at radius 1 is 1.29 bits per heavy atom. The second kappa shape index (κ2) is 5.02. The van der Waals surface area contributed by atoms with Gasteiger partial charge in [0, 0.05) is 11.4 Å². The maximum absolute atomic E-state index is 12.3. The van der Waals surface area contributed by atoms with E-state index in [0.29, 0.717) is 12.1 Å². The number of carbonyl (C=O) groups is 1. The molecular weight excluding hydrogens is 288 g/mol. The van der Waals surface area contributed by atoms with E-state index < -0.39 is 15.4 Å². The Balaban J connectivity index is 1.95. The predicted molar refractivity (Wildman–Crippen MR) is 82.9 cm³/mol. The molecule has 1 spiro atoms. The van der Waals surface area contributed by atoms with Crippen LogP contribution in [0.5, 0.6) is 0 Å². The third-order valence-electron chi connectivity index (χ3n) is 4.42. The summed E-state index contributed by atoms with van der Waals surface area (Å²) in [7, 11) is -3.31. The molecule has 1 saturated carbocycles. The highest BCUT2D eigenvalue weighted by Gasteiger charge is 2.48. The van der Waals surface area contributed by atoms with E-state index in [-0.39, 0.29) is 11.7 Å². The van der Waals surface area contributed by atoms with Crippen molar-refractivity contribution in [2.75, 3.05) is 15.8 Å². The topological polar surface area (TPSA) is 75.3 Å². The van der Waals surface area contributed by atoms with Crippen LogP contribution in [-0.4, -0.2) is 20.1 Å². The highest BCUT2D eigenvalue weighted by atomic mass is 32.2. The Labute approximate surface area is 125 Å². The molecular formula is C15H20N2O3S. The number of rotatable bonds is 4. The van der Waals surface area contributed by atoms with E-state index in [1.165, 1.54) is 0 Å². The lowest BCUT2D eigenvalue weighted by atomic mass is 9.80. The third kappa shape index (κ3) is 2.41. The molecule has 21 heavy (non-hydrogen) atoms. The monoisotopic (exact) mass is 308 g/mol. The molecule has 0 unspecified atom stereocenters. The summed E-state index contributed by atoms with van der Waals surface area (Å²) in [6.45, 7) is 1.83. The van der Waals surface area contributed by atoms with Gasteiger partial charge in [-0.25, -0.2) is 8.42 Å². The van der Waals surface area contributed by atoms with Gasteiger partial charge >= 0.3 is 0 Å². The van der Waals surface area contributed by atoms with Crippen LogP contribution in [0, 0.1) is 0 Å². The molecule has 5 nitrogen and oxygen atoms in total. The number of carbonyl (C=O) groups excluding carboxylic acids is 1. The predicted octanol–water partition coefficient (Wildman–Crippen LogP) is 2.60. The summed E-state index contributed by atoms with van der Waals surface area (Å²) < 4.78 is 26.4. The zero-order valence-corrected chi connectivity index (χ0v) is 12.9. The summed E-state index contributed by atoms with van der Waals surface area (Å²) >= 11 is 0. The fraction of sp³-hybridized carbons (Fsp3) is 0.533. The minimum absolute atomic E-state index is 0.0589. The minimum Gasteiger partial charge on any atom is -0.325 e. The molecule has 0 aromatic heterocycles. The maximum atomic E-state index is 12.3. The fourth-order valence-corrected chi connectivity index (χ4v) is 4.58. The van der Waals surface area contributed by atoms with Crippen LogP contribution in [0.25, 0.3) is 0 Å². The van der Waals surface area contributed by atoms with E-state index in [1.807, 2.05) is 13.0 Å². The van der Waals surface area contributed by atoms with Crippen LogP contribution in [-0.2, 0) is 20.2 Å². The number of hydrogen-bond donors (Lipinski definition) is 2. The molecule has 1 amide bonds. The third-order valence-corrected chi connectivity index (χ3v) is 5.91. The van der Waals surface area contributed by atoms with Crippen LogP contribution < -0.4 is 10.0 Å². The van der Waals surface area contributed by atoms with Crippen LogP contribution in [0.2, 0.25) is 0 Å². The van der Waals surface area contributed by atoms with Crippen molar-refractivity contribution in [3.63, 3.8) is 0 Å². The first-order valence-corrected chi connectivity index (χ1v) is 9.08. The molecule has 1 aromatic rings. The first-order valence-electron chi connectivity index (χ1n) is 7.43.